The van der Waals surface area contributed by atoms with Crippen LogP contribution in [0, 0.1) is 11.3 Å². The van der Waals surface area contributed by atoms with Gasteiger partial charge in [0.15, 0.2) is 18.1 Å². The highest BCUT2D eigenvalue weighted by Gasteiger charge is 2.09. The van der Waals surface area contributed by atoms with Gasteiger partial charge >= 0.3 is 0 Å². The van der Waals surface area contributed by atoms with E-state index in [1.807, 2.05) is 30.3 Å². The average Bonchev–Trinajstić information content (AvgIpc) is 2.81. The molecule has 0 bridgehead atoms. The lowest BCUT2D eigenvalue weighted by Crippen LogP contribution is -2.20. The summed E-state index contributed by atoms with van der Waals surface area (Å²) in [6, 6.07) is 23.6. The van der Waals surface area contributed by atoms with Gasteiger partial charge in [0.05, 0.1) is 25.0 Å². The second kappa shape index (κ2) is 11.0. The van der Waals surface area contributed by atoms with Crippen molar-refractivity contribution >= 4 is 17.8 Å². The number of para-hydroxylation sites is 1. The minimum atomic E-state index is -0.273. The molecule has 0 saturated heterocycles. The molecule has 0 radical (unpaired) electrons. The van der Waals surface area contributed by atoms with Gasteiger partial charge in [0, 0.05) is 16.8 Å². The van der Waals surface area contributed by atoms with Gasteiger partial charge in [0.1, 0.15) is 6.61 Å². The van der Waals surface area contributed by atoms with E-state index < -0.39 is 0 Å². The van der Waals surface area contributed by atoms with E-state index in [-0.39, 0.29) is 19.1 Å². The quantitative estimate of drug-likeness (QED) is 0.419. The largest absolute Gasteiger partial charge is 0.493 e. The lowest BCUT2D eigenvalue weighted by molar-refractivity contribution is -0.118. The summed E-state index contributed by atoms with van der Waals surface area (Å²) in [7, 11) is 1.52. The maximum absolute atomic E-state index is 12.1. The number of methoxy groups -OCH3 is 1. The molecule has 0 aliphatic carbocycles. The maximum Gasteiger partial charge on any atom is 0.262 e. The summed E-state index contributed by atoms with van der Waals surface area (Å²) in [5.74, 6) is 0.628. The summed E-state index contributed by atoms with van der Waals surface area (Å²) in [5.41, 5.74) is 2.74. The van der Waals surface area contributed by atoms with Crippen molar-refractivity contribution in [3.63, 3.8) is 0 Å². The summed E-state index contributed by atoms with van der Waals surface area (Å²) < 4.78 is 10.9. The second-order valence-electron chi connectivity index (χ2n) is 6.39. The summed E-state index contributed by atoms with van der Waals surface area (Å²) in [5, 5.41) is 15.8. The molecule has 3 aromatic rings. The molecule has 1 amide bonds. The van der Waals surface area contributed by atoms with Gasteiger partial charge in [-0.05, 0) is 36.4 Å². The number of anilines is 1. The van der Waals surface area contributed by atoms with Gasteiger partial charge in [-0.3, -0.25) is 4.79 Å². The Morgan fingerprint density at radius 2 is 1.84 bits per heavy atom. The van der Waals surface area contributed by atoms with E-state index in [1.165, 1.54) is 13.3 Å². The molecule has 0 spiro atoms. The van der Waals surface area contributed by atoms with Gasteiger partial charge in [0.25, 0.3) is 5.91 Å². The van der Waals surface area contributed by atoms with Crippen LogP contribution >= 0.6 is 0 Å². The van der Waals surface area contributed by atoms with Gasteiger partial charge in [-0.2, -0.15) is 5.26 Å². The maximum atomic E-state index is 12.1. The zero-order valence-corrected chi connectivity index (χ0v) is 16.9. The van der Waals surface area contributed by atoms with E-state index in [4.69, 9.17) is 19.6 Å². The van der Waals surface area contributed by atoms with Crippen molar-refractivity contribution in [3.8, 4) is 17.6 Å². The molecule has 156 valence electrons. The second-order valence-corrected chi connectivity index (χ2v) is 6.39. The number of ether oxygens (including phenoxy) is 2. The van der Waals surface area contributed by atoms with Crippen LogP contribution in [0.3, 0.4) is 0 Å². The summed E-state index contributed by atoms with van der Waals surface area (Å²) >= 11 is 0. The first kappa shape index (κ1) is 21.4. The highest BCUT2D eigenvalue weighted by Crippen LogP contribution is 2.27. The van der Waals surface area contributed by atoms with Crippen molar-refractivity contribution in [3.05, 3.63) is 89.5 Å². The van der Waals surface area contributed by atoms with Crippen molar-refractivity contribution < 1.29 is 19.1 Å². The fraction of sp³-hybridized carbons (Fsp3) is 0.125. The highest BCUT2D eigenvalue weighted by atomic mass is 16.6. The number of hydrogen-bond donors (Lipinski definition) is 1. The Kier molecular flexibility index (Phi) is 7.61. The number of nitrogens with one attached hydrogen (secondary N) is 1. The Balaban J connectivity index is 1.54. The number of benzene rings is 3. The number of carbonyl (C=O) groups excluding carboxylic acids is 1. The van der Waals surface area contributed by atoms with Crippen molar-refractivity contribution in [1.82, 2.24) is 0 Å². The third kappa shape index (κ3) is 6.34. The van der Waals surface area contributed by atoms with Crippen molar-refractivity contribution in [2.45, 2.75) is 6.61 Å². The number of amides is 1. The van der Waals surface area contributed by atoms with Gasteiger partial charge in [0.2, 0.25) is 0 Å². The van der Waals surface area contributed by atoms with E-state index in [1.54, 1.807) is 42.5 Å². The van der Waals surface area contributed by atoms with Gasteiger partial charge in [-0.1, -0.05) is 41.6 Å². The molecular weight excluding hydrogens is 394 g/mol. The molecule has 0 unspecified atom stereocenters. The summed E-state index contributed by atoms with van der Waals surface area (Å²) in [6.07, 6.45) is 1.53. The van der Waals surface area contributed by atoms with Crippen LogP contribution in [0.4, 0.5) is 5.69 Å². The molecule has 0 heterocycles. The SMILES string of the molecule is COc1cc(/C=N\OCc2ccccc2C#N)ccc1OCC(=O)Nc1ccccc1. The minimum Gasteiger partial charge on any atom is -0.493 e. The third-order valence-corrected chi connectivity index (χ3v) is 4.24. The van der Waals surface area contributed by atoms with Crippen LogP contribution in [-0.2, 0) is 16.2 Å². The zero-order chi connectivity index (χ0) is 21.9. The molecular formula is C24H21N3O4. The van der Waals surface area contributed by atoms with Crippen molar-refractivity contribution in [1.29, 1.82) is 5.26 Å². The van der Waals surface area contributed by atoms with Crippen LogP contribution in [0.5, 0.6) is 11.5 Å². The van der Waals surface area contributed by atoms with E-state index in [9.17, 15) is 4.79 Å². The number of nitriles is 1. The predicted molar refractivity (Wildman–Crippen MR) is 117 cm³/mol. The molecule has 3 aromatic carbocycles. The number of nitrogens with zero attached hydrogens (tertiary/aromatic N) is 2. The number of hydrogen-bond acceptors (Lipinski definition) is 6. The Morgan fingerprint density at radius 3 is 2.61 bits per heavy atom. The first-order chi connectivity index (χ1) is 15.2. The molecule has 0 fully saturated rings. The van der Waals surface area contributed by atoms with Gasteiger partial charge in [-0.25, -0.2) is 0 Å². The lowest BCUT2D eigenvalue weighted by Gasteiger charge is -2.11. The molecule has 7 nitrogen and oxygen atoms in total. The zero-order valence-electron chi connectivity index (χ0n) is 16.9. The van der Waals surface area contributed by atoms with Crippen LogP contribution < -0.4 is 14.8 Å². The molecule has 0 aliphatic rings. The highest BCUT2D eigenvalue weighted by molar-refractivity contribution is 5.91. The monoisotopic (exact) mass is 415 g/mol. The lowest BCUT2D eigenvalue weighted by atomic mass is 10.1. The van der Waals surface area contributed by atoms with Crippen LogP contribution in [0.25, 0.3) is 0 Å². The van der Waals surface area contributed by atoms with Crippen LogP contribution in [0.2, 0.25) is 0 Å². The van der Waals surface area contributed by atoms with Gasteiger partial charge < -0.3 is 19.6 Å². The fourth-order valence-electron chi connectivity index (χ4n) is 2.71. The van der Waals surface area contributed by atoms with E-state index in [0.717, 1.165) is 11.1 Å². The molecule has 3 rings (SSSR count). The summed E-state index contributed by atoms with van der Waals surface area (Å²) in [4.78, 5) is 17.4. The van der Waals surface area contributed by atoms with E-state index >= 15 is 0 Å². The van der Waals surface area contributed by atoms with E-state index in [2.05, 4.69) is 16.5 Å². The standard InChI is InChI=1S/C24H21N3O4/c1-29-23-13-18(15-26-31-16-20-8-6-5-7-19(20)14-25)11-12-22(23)30-17-24(28)27-21-9-3-2-4-10-21/h2-13,15H,16-17H2,1H3,(H,27,28)/b26-15-. The Hall–Kier alpha value is -4.31. The molecule has 1 N–H and O–H groups in total. The average molecular weight is 415 g/mol. The van der Waals surface area contributed by atoms with Crippen LogP contribution in [-0.4, -0.2) is 25.8 Å². The fourth-order valence-corrected chi connectivity index (χ4v) is 2.71. The molecule has 0 aliphatic heterocycles. The summed E-state index contributed by atoms with van der Waals surface area (Å²) in [6.45, 7) is 0.0369. The number of rotatable bonds is 9. The molecule has 7 heteroatoms. The molecule has 0 atom stereocenters. The normalized spacial score (nSPS) is 10.3. The Labute approximate surface area is 180 Å². The Morgan fingerprint density at radius 1 is 1.06 bits per heavy atom. The number of carbonyl (C=O) groups is 1. The molecule has 0 aromatic heterocycles. The topological polar surface area (TPSA) is 92.9 Å². The third-order valence-electron chi connectivity index (χ3n) is 4.24. The number of oxime groups is 1. The first-order valence-corrected chi connectivity index (χ1v) is 9.48. The van der Waals surface area contributed by atoms with Crippen molar-refractivity contribution in [2.24, 2.45) is 5.16 Å². The molecule has 31 heavy (non-hydrogen) atoms. The predicted octanol–water partition coefficient (Wildman–Crippen LogP) is 4.14. The van der Waals surface area contributed by atoms with Crippen LogP contribution in [0.1, 0.15) is 16.7 Å². The Bertz CT molecular complexity index is 1090. The van der Waals surface area contributed by atoms with Gasteiger partial charge in [-0.15, -0.1) is 0 Å². The van der Waals surface area contributed by atoms with Crippen molar-refractivity contribution in [2.75, 3.05) is 19.0 Å². The minimum absolute atomic E-state index is 0.153. The molecule has 0 saturated carbocycles. The van der Waals surface area contributed by atoms with E-state index in [0.29, 0.717) is 22.7 Å². The first-order valence-electron chi connectivity index (χ1n) is 9.48. The smallest absolute Gasteiger partial charge is 0.262 e. The van der Waals surface area contributed by atoms with Crippen LogP contribution in [0.15, 0.2) is 78.0 Å².